The van der Waals surface area contributed by atoms with Crippen LogP contribution in [0.1, 0.15) is 41.4 Å². The molecular formula is C27H27NO5. The SMILES string of the molecule is COc1cc(/C=C2/C(C)=C(CC(=O)NCc3ccco3)c3cc(C)ccc32)cc(OC)c1O. The molecule has 1 heterocycles. The fraction of sp³-hybridized carbons (Fsp3) is 0.222. The molecule has 0 unspecified atom stereocenters. The zero-order chi connectivity index (χ0) is 23.5. The van der Waals surface area contributed by atoms with E-state index in [-0.39, 0.29) is 18.1 Å². The minimum absolute atomic E-state index is 0.0363. The monoisotopic (exact) mass is 445 g/mol. The van der Waals surface area contributed by atoms with Crippen molar-refractivity contribution in [1.29, 1.82) is 0 Å². The van der Waals surface area contributed by atoms with Gasteiger partial charge >= 0.3 is 0 Å². The summed E-state index contributed by atoms with van der Waals surface area (Å²) in [5.41, 5.74) is 7.13. The molecule has 1 aliphatic carbocycles. The van der Waals surface area contributed by atoms with E-state index in [1.54, 1.807) is 24.5 Å². The molecule has 0 bridgehead atoms. The van der Waals surface area contributed by atoms with Crippen LogP contribution >= 0.6 is 0 Å². The van der Waals surface area contributed by atoms with E-state index in [0.29, 0.717) is 23.8 Å². The first-order chi connectivity index (χ1) is 15.9. The highest BCUT2D eigenvalue weighted by Gasteiger charge is 2.25. The number of phenolic OH excluding ortho intramolecular Hbond substituents is 1. The summed E-state index contributed by atoms with van der Waals surface area (Å²) in [5.74, 6) is 1.28. The van der Waals surface area contributed by atoms with Crippen molar-refractivity contribution < 1.29 is 23.8 Å². The minimum Gasteiger partial charge on any atom is -0.502 e. The van der Waals surface area contributed by atoms with E-state index in [0.717, 1.165) is 39.0 Å². The lowest BCUT2D eigenvalue weighted by Crippen LogP contribution is -2.22. The molecular weight excluding hydrogens is 418 g/mol. The third-order valence-electron chi connectivity index (χ3n) is 5.84. The number of hydrogen-bond donors (Lipinski definition) is 2. The van der Waals surface area contributed by atoms with Gasteiger partial charge in [0, 0.05) is 0 Å². The molecule has 0 saturated carbocycles. The highest BCUT2D eigenvalue weighted by molar-refractivity contribution is 6.08. The van der Waals surface area contributed by atoms with E-state index in [1.165, 1.54) is 14.2 Å². The van der Waals surface area contributed by atoms with Crippen molar-refractivity contribution in [3.63, 3.8) is 0 Å². The number of ether oxygens (including phenoxy) is 2. The van der Waals surface area contributed by atoms with Gasteiger partial charge in [-0.25, -0.2) is 0 Å². The lowest BCUT2D eigenvalue weighted by atomic mass is 9.98. The molecule has 1 aromatic heterocycles. The smallest absolute Gasteiger partial charge is 0.224 e. The maximum absolute atomic E-state index is 12.7. The predicted octanol–water partition coefficient (Wildman–Crippen LogP) is 5.35. The van der Waals surface area contributed by atoms with Crippen molar-refractivity contribution in [2.45, 2.75) is 26.8 Å². The summed E-state index contributed by atoms with van der Waals surface area (Å²) in [5, 5.41) is 13.2. The summed E-state index contributed by atoms with van der Waals surface area (Å²) in [6.45, 7) is 4.43. The fourth-order valence-electron chi connectivity index (χ4n) is 4.11. The van der Waals surface area contributed by atoms with Gasteiger partial charge in [0.15, 0.2) is 11.5 Å². The summed E-state index contributed by atoms with van der Waals surface area (Å²) in [6, 6.07) is 13.4. The van der Waals surface area contributed by atoms with Gasteiger partial charge in [-0.2, -0.15) is 0 Å². The number of furan rings is 1. The van der Waals surface area contributed by atoms with Gasteiger partial charge in [0.25, 0.3) is 0 Å². The van der Waals surface area contributed by atoms with Crippen LogP contribution in [0.3, 0.4) is 0 Å². The molecule has 1 aliphatic rings. The molecule has 6 nitrogen and oxygen atoms in total. The van der Waals surface area contributed by atoms with E-state index in [1.807, 2.05) is 26.0 Å². The van der Waals surface area contributed by atoms with Gasteiger partial charge in [-0.1, -0.05) is 23.8 Å². The van der Waals surface area contributed by atoms with Gasteiger partial charge in [0.1, 0.15) is 5.76 Å². The Morgan fingerprint density at radius 3 is 2.42 bits per heavy atom. The Morgan fingerprint density at radius 1 is 1.06 bits per heavy atom. The lowest BCUT2D eigenvalue weighted by molar-refractivity contribution is -0.120. The number of carbonyl (C=O) groups excluding carboxylic acids is 1. The van der Waals surface area contributed by atoms with E-state index in [2.05, 4.69) is 23.5 Å². The third kappa shape index (κ3) is 4.51. The molecule has 0 aliphatic heterocycles. The van der Waals surface area contributed by atoms with Gasteiger partial charge in [0.2, 0.25) is 11.7 Å². The van der Waals surface area contributed by atoms with Crippen molar-refractivity contribution in [3.05, 3.63) is 82.3 Å². The number of rotatable bonds is 7. The van der Waals surface area contributed by atoms with Crippen molar-refractivity contribution in [2.24, 2.45) is 0 Å². The molecule has 2 N–H and O–H groups in total. The minimum atomic E-state index is -0.0672. The highest BCUT2D eigenvalue weighted by atomic mass is 16.5. The Labute approximate surface area is 193 Å². The lowest BCUT2D eigenvalue weighted by Gasteiger charge is -2.11. The van der Waals surface area contributed by atoms with Crippen molar-refractivity contribution >= 4 is 23.1 Å². The number of phenols is 1. The van der Waals surface area contributed by atoms with E-state index in [9.17, 15) is 9.90 Å². The molecule has 2 aromatic carbocycles. The highest BCUT2D eigenvalue weighted by Crippen LogP contribution is 2.45. The second-order valence-electron chi connectivity index (χ2n) is 8.02. The summed E-state index contributed by atoms with van der Waals surface area (Å²) in [6.07, 6.45) is 3.89. The van der Waals surface area contributed by atoms with Crippen LogP contribution in [0, 0.1) is 6.92 Å². The number of benzene rings is 2. The second-order valence-corrected chi connectivity index (χ2v) is 8.02. The van der Waals surface area contributed by atoms with Crippen LogP contribution in [0.2, 0.25) is 0 Å². The number of allylic oxidation sites excluding steroid dienone is 2. The number of hydrogen-bond acceptors (Lipinski definition) is 5. The average molecular weight is 446 g/mol. The Balaban J connectivity index is 1.70. The molecule has 0 atom stereocenters. The first-order valence-corrected chi connectivity index (χ1v) is 10.7. The molecule has 0 spiro atoms. The van der Waals surface area contributed by atoms with E-state index in [4.69, 9.17) is 13.9 Å². The van der Waals surface area contributed by atoms with E-state index >= 15 is 0 Å². The fourth-order valence-corrected chi connectivity index (χ4v) is 4.11. The zero-order valence-electron chi connectivity index (χ0n) is 19.2. The molecule has 33 heavy (non-hydrogen) atoms. The predicted molar refractivity (Wildman–Crippen MR) is 128 cm³/mol. The molecule has 3 aromatic rings. The number of methoxy groups -OCH3 is 2. The van der Waals surface area contributed by atoms with Gasteiger partial charge < -0.3 is 24.3 Å². The summed E-state index contributed by atoms with van der Waals surface area (Å²) in [7, 11) is 3.01. The van der Waals surface area contributed by atoms with Crippen LogP contribution in [0.25, 0.3) is 17.2 Å². The number of aromatic hydroxyl groups is 1. The standard InChI is InChI=1S/C27H27NO5/c1-16-7-8-20-21(11-18-12-24(31-3)27(30)25(13-18)32-4)17(2)22(23(20)10-16)14-26(29)28-15-19-6-5-9-33-19/h5-13,30H,14-15H2,1-4H3,(H,28,29)/b21-11-. The van der Waals surface area contributed by atoms with Crippen molar-refractivity contribution in [1.82, 2.24) is 5.32 Å². The molecule has 4 rings (SSSR count). The Hall–Kier alpha value is -3.93. The zero-order valence-corrected chi connectivity index (χ0v) is 19.2. The van der Waals surface area contributed by atoms with Crippen LogP contribution in [-0.4, -0.2) is 25.2 Å². The van der Waals surface area contributed by atoms with Crippen LogP contribution in [-0.2, 0) is 11.3 Å². The first-order valence-electron chi connectivity index (χ1n) is 10.7. The van der Waals surface area contributed by atoms with Crippen LogP contribution in [0.5, 0.6) is 17.2 Å². The molecule has 6 heteroatoms. The second kappa shape index (κ2) is 9.28. The van der Waals surface area contributed by atoms with E-state index < -0.39 is 0 Å². The van der Waals surface area contributed by atoms with Gasteiger partial charge in [-0.3, -0.25) is 4.79 Å². The van der Waals surface area contributed by atoms with Gasteiger partial charge in [-0.15, -0.1) is 0 Å². The van der Waals surface area contributed by atoms with Crippen LogP contribution in [0.4, 0.5) is 0 Å². The first kappa shape index (κ1) is 22.3. The summed E-state index contributed by atoms with van der Waals surface area (Å²) in [4.78, 5) is 12.7. The Bertz CT molecular complexity index is 1230. The van der Waals surface area contributed by atoms with Crippen molar-refractivity contribution in [3.8, 4) is 17.2 Å². The third-order valence-corrected chi connectivity index (χ3v) is 5.84. The summed E-state index contributed by atoms with van der Waals surface area (Å²) >= 11 is 0. The number of fused-ring (bicyclic) bond motifs is 1. The molecule has 0 radical (unpaired) electrons. The normalized spacial score (nSPS) is 13.9. The molecule has 0 saturated heterocycles. The maximum Gasteiger partial charge on any atom is 0.224 e. The Morgan fingerprint density at radius 2 is 1.79 bits per heavy atom. The quantitative estimate of drug-likeness (QED) is 0.513. The topological polar surface area (TPSA) is 80.9 Å². The number of nitrogens with one attached hydrogen (secondary N) is 1. The molecule has 170 valence electrons. The van der Waals surface area contributed by atoms with Crippen LogP contribution in [0.15, 0.2) is 58.7 Å². The van der Waals surface area contributed by atoms with Crippen LogP contribution < -0.4 is 14.8 Å². The Kier molecular flexibility index (Phi) is 6.27. The number of amides is 1. The summed E-state index contributed by atoms with van der Waals surface area (Å²) < 4.78 is 15.9. The number of carbonyl (C=O) groups is 1. The van der Waals surface area contributed by atoms with Gasteiger partial charge in [0.05, 0.1) is 33.4 Å². The molecule has 1 amide bonds. The van der Waals surface area contributed by atoms with Gasteiger partial charge in [-0.05, 0) is 77.6 Å². The largest absolute Gasteiger partial charge is 0.502 e. The average Bonchev–Trinajstić information content (AvgIpc) is 3.41. The van der Waals surface area contributed by atoms with Crippen molar-refractivity contribution in [2.75, 3.05) is 14.2 Å². The molecule has 0 fully saturated rings. The number of aryl methyl sites for hydroxylation is 1. The maximum atomic E-state index is 12.7.